The second kappa shape index (κ2) is 6.70. The Kier molecular flexibility index (Phi) is 5.56. The topological polar surface area (TPSA) is 37.8 Å². The Morgan fingerprint density at radius 3 is 2.47 bits per heavy atom. The molecule has 1 atom stereocenters. The predicted octanol–water partition coefficient (Wildman–Crippen LogP) is 3.04. The van der Waals surface area contributed by atoms with E-state index in [1.807, 2.05) is 14.0 Å². The van der Waals surface area contributed by atoms with E-state index in [4.69, 9.17) is 0 Å². The molecule has 0 aromatic carbocycles. The summed E-state index contributed by atoms with van der Waals surface area (Å²) in [5.74, 6) is 0.742. The van der Waals surface area contributed by atoms with E-state index in [-0.39, 0.29) is 0 Å². The van der Waals surface area contributed by atoms with Gasteiger partial charge in [-0.15, -0.1) is 0 Å². The van der Waals surface area contributed by atoms with Crippen molar-refractivity contribution in [3.8, 4) is 0 Å². The first-order valence-corrected chi connectivity index (χ1v) is 6.58. The molecule has 0 aliphatic carbocycles. The van der Waals surface area contributed by atoms with Crippen molar-refractivity contribution >= 4 is 0 Å². The van der Waals surface area contributed by atoms with E-state index in [9.17, 15) is 0 Å². The number of aromatic nitrogens is 2. The molecule has 0 saturated heterocycles. The van der Waals surface area contributed by atoms with Crippen LogP contribution in [0.3, 0.4) is 0 Å². The van der Waals surface area contributed by atoms with Crippen molar-refractivity contribution in [2.24, 2.45) is 5.92 Å². The molecule has 1 heterocycles. The monoisotopic (exact) mass is 235 g/mol. The first-order valence-electron chi connectivity index (χ1n) is 6.58. The van der Waals surface area contributed by atoms with Crippen molar-refractivity contribution in [2.75, 3.05) is 7.05 Å². The molecule has 0 amide bonds. The molecule has 17 heavy (non-hydrogen) atoms. The van der Waals surface area contributed by atoms with Crippen molar-refractivity contribution < 1.29 is 0 Å². The van der Waals surface area contributed by atoms with Gasteiger partial charge in [-0.3, -0.25) is 0 Å². The summed E-state index contributed by atoms with van der Waals surface area (Å²) in [5.41, 5.74) is 3.45. The number of nitrogens with one attached hydrogen (secondary N) is 1. The fourth-order valence-electron chi connectivity index (χ4n) is 2.07. The van der Waals surface area contributed by atoms with Gasteiger partial charge in [-0.25, -0.2) is 0 Å². The lowest BCUT2D eigenvalue weighted by atomic mass is 9.96. The van der Waals surface area contributed by atoms with Crippen molar-refractivity contribution in [1.29, 1.82) is 0 Å². The fourth-order valence-corrected chi connectivity index (χ4v) is 2.07. The average molecular weight is 235 g/mol. The largest absolute Gasteiger partial charge is 0.313 e. The molecule has 1 rings (SSSR count). The zero-order valence-corrected chi connectivity index (χ0v) is 11.7. The highest BCUT2D eigenvalue weighted by atomic mass is 15.1. The molecule has 0 fully saturated rings. The molecular weight excluding hydrogens is 210 g/mol. The van der Waals surface area contributed by atoms with Gasteiger partial charge in [0.05, 0.1) is 11.4 Å². The van der Waals surface area contributed by atoms with Gasteiger partial charge in [-0.1, -0.05) is 20.8 Å². The second-order valence-electron chi connectivity index (χ2n) is 5.05. The molecule has 0 saturated carbocycles. The van der Waals surface area contributed by atoms with E-state index in [0.717, 1.165) is 30.1 Å². The molecule has 0 aliphatic rings. The van der Waals surface area contributed by atoms with Crippen LogP contribution in [0.4, 0.5) is 0 Å². The van der Waals surface area contributed by atoms with Crippen molar-refractivity contribution in [1.82, 2.24) is 15.5 Å². The molecule has 96 valence electrons. The first kappa shape index (κ1) is 14.1. The number of hydrogen-bond acceptors (Lipinski definition) is 3. The molecule has 0 radical (unpaired) electrons. The molecule has 0 spiro atoms. The van der Waals surface area contributed by atoms with Gasteiger partial charge >= 0.3 is 0 Å². The number of rotatable bonds is 6. The summed E-state index contributed by atoms with van der Waals surface area (Å²) in [6, 6.07) is 2.58. The van der Waals surface area contributed by atoms with Gasteiger partial charge in [-0.2, -0.15) is 10.2 Å². The van der Waals surface area contributed by atoms with Crippen LogP contribution < -0.4 is 5.32 Å². The Labute approximate surface area is 105 Å². The number of hydrogen-bond donors (Lipinski definition) is 1. The second-order valence-corrected chi connectivity index (χ2v) is 5.05. The molecule has 3 heteroatoms. The van der Waals surface area contributed by atoms with Gasteiger partial charge < -0.3 is 5.32 Å². The van der Waals surface area contributed by atoms with Crippen molar-refractivity contribution in [3.63, 3.8) is 0 Å². The van der Waals surface area contributed by atoms with Crippen LogP contribution in [0.5, 0.6) is 0 Å². The summed E-state index contributed by atoms with van der Waals surface area (Å²) in [6.45, 7) is 8.68. The Morgan fingerprint density at radius 2 is 1.94 bits per heavy atom. The average Bonchev–Trinajstić information content (AvgIpc) is 2.30. The van der Waals surface area contributed by atoms with E-state index in [1.54, 1.807) is 0 Å². The van der Waals surface area contributed by atoms with Gasteiger partial charge in [0.25, 0.3) is 0 Å². The third kappa shape index (κ3) is 4.08. The van der Waals surface area contributed by atoms with Crippen LogP contribution in [0.25, 0.3) is 0 Å². The normalized spacial score (nSPS) is 13.1. The molecule has 0 bridgehead atoms. The van der Waals surface area contributed by atoms with Crippen LogP contribution in [0, 0.1) is 12.8 Å². The molecule has 3 nitrogen and oxygen atoms in total. The maximum absolute atomic E-state index is 4.30. The SMILES string of the molecule is CCc1nnc(C)cc1C(CCC(C)C)NC. The lowest BCUT2D eigenvalue weighted by Crippen LogP contribution is -2.19. The third-order valence-corrected chi connectivity index (χ3v) is 3.12. The zero-order valence-electron chi connectivity index (χ0n) is 11.7. The number of nitrogens with zero attached hydrogens (tertiary/aromatic N) is 2. The van der Waals surface area contributed by atoms with Crippen LogP contribution in [0.1, 0.15) is 56.6 Å². The summed E-state index contributed by atoms with van der Waals surface area (Å²) in [7, 11) is 2.03. The summed E-state index contributed by atoms with van der Waals surface area (Å²) < 4.78 is 0. The highest BCUT2D eigenvalue weighted by Gasteiger charge is 2.15. The van der Waals surface area contributed by atoms with Gasteiger partial charge in [0.1, 0.15) is 0 Å². The van der Waals surface area contributed by atoms with Crippen LogP contribution in [-0.2, 0) is 6.42 Å². The maximum Gasteiger partial charge on any atom is 0.0676 e. The lowest BCUT2D eigenvalue weighted by Gasteiger charge is -2.20. The van der Waals surface area contributed by atoms with E-state index < -0.39 is 0 Å². The smallest absolute Gasteiger partial charge is 0.0676 e. The summed E-state index contributed by atoms with van der Waals surface area (Å²) in [5, 5.41) is 11.9. The molecular formula is C14H25N3. The van der Waals surface area contributed by atoms with E-state index in [0.29, 0.717) is 6.04 Å². The van der Waals surface area contributed by atoms with Crippen LogP contribution in [0.2, 0.25) is 0 Å². The Hall–Kier alpha value is -0.960. The Bertz CT molecular complexity index is 347. The number of aryl methyl sites for hydroxylation is 2. The van der Waals surface area contributed by atoms with E-state index in [1.165, 1.54) is 12.0 Å². The van der Waals surface area contributed by atoms with Gasteiger partial charge in [0, 0.05) is 6.04 Å². The van der Waals surface area contributed by atoms with E-state index >= 15 is 0 Å². The van der Waals surface area contributed by atoms with Crippen molar-refractivity contribution in [3.05, 3.63) is 23.0 Å². The van der Waals surface area contributed by atoms with Crippen LogP contribution in [0.15, 0.2) is 6.07 Å². The fraction of sp³-hybridized carbons (Fsp3) is 0.714. The predicted molar refractivity (Wildman–Crippen MR) is 72.0 cm³/mol. The zero-order chi connectivity index (χ0) is 12.8. The van der Waals surface area contributed by atoms with Crippen LogP contribution >= 0.6 is 0 Å². The standard InChI is InChI=1S/C14H25N3/c1-6-13-12(9-11(4)16-17-13)14(15-5)8-7-10(2)3/h9-10,14-15H,6-8H2,1-5H3. The first-order chi connectivity index (χ1) is 8.08. The molecule has 1 N–H and O–H groups in total. The molecule has 1 aromatic rings. The van der Waals surface area contributed by atoms with Gasteiger partial charge in [0.2, 0.25) is 0 Å². The lowest BCUT2D eigenvalue weighted by molar-refractivity contribution is 0.460. The Morgan fingerprint density at radius 1 is 1.24 bits per heavy atom. The third-order valence-electron chi connectivity index (χ3n) is 3.12. The Balaban J connectivity index is 2.89. The molecule has 1 aromatic heterocycles. The quantitative estimate of drug-likeness (QED) is 0.823. The minimum atomic E-state index is 0.404. The van der Waals surface area contributed by atoms with E-state index in [2.05, 4.69) is 42.4 Å². The van der Waals surface area contributed by atoms with Crippen LogP contribution in [-0.4, -0.2) is 17.2 Å². The molecule has 0 aliphatic heterocycles. The molecule has 1 unspecified atom stereocenters. The summed E-state index contributed by atoms with van der Waals surface area (Å²) >= 11 is 0. The minimum absolute atomic E-state index is 0.404. The van der Waals surface area contributed by atoms with Gasteiger partial charge in [0.15, 0.2) is 0 Å². The highest BCUT2D eigenvalue weighted by molar-refractivity contribution is 5.24. The minimum Gasteiger partial charge on any atom is -0.313 e. The van der Waals surface area contributed by atoms with Crippen molar-refractivity contribution in [2.45, 2.75) is 53.0 Å². The maximum atomic E-state index is 4.30. The summed E-state index contributed by atoms with van der Waals surface area (Å²) in [4.78, 5) is 0. The van der Waals surface area contributed by atoms with Gasteiger partial charge in [-0.05, 0) is 50.8 Å². The highest BCUT2D eigenvalue weighted by Crippen LogP contribution is 2.23. The summed E-state index contributed by atoms with van der Waals surface area (Å²) in [6.07, 6.45) is 3.34.